The van der Waals surface area contributed by atoms with Crippen LogP contribution >= 0.6 is 22.9 Å². The molecule has 3 rings (SSSR count). The number of carbonyl (C=O) groups excluding carboxylic acids is 1. The van der Waals surface area contributed by atoms with Gasteiger partial charge in [-0.1, -0.05) is 11.6 Å². The van der Waals surface area contributed by atoms with E-state index in [1.54, 1.807) is 28.8 Å². The number of nitrogens with zero attached hydrogens (tertiary/aromatic N) is 3. The highest BCUT2D eigenvalue weighted by Gasteiger charge is 2.27. The highest BCUT2D eigenvalue weighted by molar-refractivity contribution is 7.19. The number of amides is 2. The van der Waals surface area contributed by atoms with E-state index in [-0.39, 0.29) is 11.9 Å². The van der Waals surface area contributed by atoms with Gasteiger partial charge >= 0.3 is 12.0 Å². The summed E-state index contributed by atoms with van der Waals surface area (Å²) in [4.78, 5) is 25.9. The number of carboxylic acids is 1. The number of hydrogen-bond donors (Lipinski definition) is 2. The fraction of sp³-hybridized carbons (Fsp3) is 0.400. The minimum Gasteiger partial charge on any atom is -0.481 e. The summed E-state index contributed by atoms with van der Waals surface area (Å²) in [6.07, 6.45) is 0.959. The number of thiophene rings is 1. The van der Waals surface area contributed by atoms with E-state index in [0.717, 1.165) is 10.6 Å². The number of likely N-dealkylation sites (tertiary alicyclic amines) is 1. The van der Waals surface area contributed by atoms with Gasteiger partial charge in [0, 0.05) is 26.2 Å². The third-order valence-corrected chi connectivity index (χ3v) is 5.33. The minimum atomic E-state index is -0.791. The molecule has 2 aromatic rings. The molecule has 0 radical (unpaired) electrons. The summed E-state index contributed by atoms with van der Waals surface area (Å²) >= 11 is 7.37. The Hall–Kier alpha value is -2.06. The number of carbonyl (C=O) groups is 2. The summed E-state index contributed by atoms with van der Waals surface area (Å²) in [6.45, 7) is 0.877. The average Bonchev–Trinajstić information content (AvgIpc) is 3.14. The Morgan fingerprint density at radius 1 is 1.38 bits per heavy atom. The predicted octanol–water partition coefficient (Wildman–Crippen LogP) is 3.13. The van der Waals surface area contributed by atoms with Gasteiger partial charge < -0.3 is 10.0 Å². The number of urea groups is 1. The van der Waals surface area contributed by atoms with E-state index in [1.165, 1.54) is 11.3 Å². The van der Waals surface area contributed by atoms with Gasteiger partial charge in [-0.15, -0.1) is 11.3 Å². The average molecular weight is 369 g/mol. The van der Waals surface area contributed by atoms with Gasteiger partial charge in [-0.2, -0.15) is 5.10 Å². The Kier molecular flexibility index (Phi) is 4.77. The molecule has 128 valence electrons. The first kappa shape index (κ1) is 16.8. The number of halogens is 1. The lowest BCUT2D eigenvalue weighted by Gasteiger charge is -2.30. The summed E-state index contributed by atoms with van der Waals surface area (Å²) in [5.74, 6) is -0.568. The van der Waals surface area contributed by atoms with Crippen molar-refractivity contribution in [3.8, 4) is 10.6 Å². The van der Waals surface area contributed by atoms with Gasteiger partial charge in [-0.25, -0.2) is 4.79 Å². The lowest BCUT2D eigenvalue weighted by atomic mass is 9.97. The number of piperidine rings is 1. The molecule has 7 nitrogen and oxygen atoms in total. The van der Waals surface area contributed by atoms with E-state index < -0.39 is 5.97 Å². The molecule has 1 fully saturated rings. The maximum Gasteiger partial charge on any atom is 0.322 e. The van der Waals surface area contributed by atoms with E-state index >= 15 is 0 Å². The Bertz CT molecular complexity index is 765. The van der Waals surface area contributed by atoms with Crippen molar-refractivity contribution in [1.29, 1.82) is 0 Å². The minimum absolute atomic E-state index is 0.238. The molecule has 0 spiro atoms. The zero-order chi connectivity index (χ0) is 17.3. The van der Waals surface area contributed by atoms with Gasteiger partial charge in [0.1, 0.15) is 11.5 Å². The molecule has 0 saturated carbocycles. The number of aromatic nitrogens is 2. The predicted molar refractivity (Wildman–Crippen MR) is 92.5 cm³/mol. The first-order chi connectivity index (χ1) is 11.4. The molecule has 0 aliphatic carbocycles. The Labute approximate surface area is 147 Å². The van der Waals surface area contributed by atoms with Crippen molar-refractivity contribution in [2.45, 2.75) is 12.8 Å². The number of rotatable bonds is 3. The molecular formula is C15H17ClN4O3S. The maximum atomic E-state index is 12.4. The van der Waals surface area contributed by atoms with Crippen LogP contribution in [0.5, 0.6) is 0 Å². The third-order valence-electron chi connectivity index (χ3n) is 4.07. The monoisotopic (exact) mass is 368 g/mol. The fourth-order valence-corrected chi connectivity index (χ4v) is 3.67. The van der Waals surface area contributed by atoms with Crippen molar-refractivity contribution in [3.05, 3.63) is 22.5 Å². The highest BCUT2D eigenvalue weighted by Crippen LogP contribution is 2.31. The Morgan fingerprint density at radius 2 is 2.08 bits per heavy atom. The van der Waals surface area contributed by atoms with Crippen LogP contribution in [-0.2, 0) is 11.8 Å². The molecule has 0 bridgehead atoms. The van der Waals surface area contributed by atoms with Crippen LogP contribution in [0.15, 0.2) is 18.2 Å². The van der Waals surface area contributed by atoms with E-state index in [4.69, 9.17) is 16.7 Å². The Morgan fingerprint density at radius 3 is 2.67 bits per heavy atom. The summed E-state index contributed by atoms with van der Waals surface area (Å²) in [6, 6.07) is 5.25. The van der Waals surface area contributed by atoms with Crippen molar-refractivity contribution in [2.75, 3.05) is 18.4 Å². The zero-order valence-electron chi connectivity index (χ0n) is 13.0. The van der Waals surface area contributed by atoms with Crippen LogP contribution in [0.2, 0.25) is 4.34 Å². The lowest BCUT2D eigenvalue weighted by Crippen LogP contribution is -2.42. The number of anilines is 1. The second kappa shape index (κ2) is 6.82. The molecule has 1 aliphatic heterocycles. The smallest absolute Gasteiger partial charge is 0.322 e. The largest absolute Gasteiger partial charge is 0.481 e. The van der Waals surface area contributed by atoms with Gasteiger partial charge in [0.05, 0.1) is 15.1 Å². The van der Waals surface area contributed by atoms with Crippen molar-refractivity contribution >= 4 is 40.8 Å². The molecule has 3 heterocycles. The molecular weight excluding hydrogens is 352 g/mol. The summed E-state index contributed by atoms with van der Waals surface area (Å²) in [5, 5.41) is 16.2. The van der Waals surface area contributed by atoms with Crippen LogP contribution in [0, 0.1) is 5.92 Å². The van der Waals surface area contributed by atoms with E-state index in [2.05, 4.69) is 10.4 Å². The second-order valence-electron chi connectivity index (χ2n) is 5.67. The van der Waals surface area contributed by atoms with Crippen LogP contribution < -0.4 is 5.32 Å². The van der Waals surface area contributed by atoms with Gasteiger partial charge in [-0.3, -0.25) is 14.8 Å². The summed E-state index contributed by atoms with van der Waals surface area (Å²) in [5.41, 5.74) is 0.745. The molecule has 24 heavy (non-hydrogen) atoms. The molecule has 2 aromatic heterocycles. The Balaban J connectivity index is 1.65. The first-order valence-corrected chi connectivity index (χ1v) is 8.72. The first-order valence-electron chi connectivity index (χ1n) is 7.52. The molecule has 1 saturated heterocycles. The molecule has 0 aromatic carbocycles. The molecule has 2 N–H and O–H groups in total. The van der Waals surface area contributed by atoms with Crippen molar-refractivity contribution in [1.82, 2.24) is 14.7 Å². The van der Waals surface area contributed by atoms with Crippen molar-refractivity contribution in [2.24, 2.45) is 13.0 Å². The number of carboxylic acid groups (broad SMARTS) is 1. The lowest BCUT2D eigenvalue weighted by molar-refractivity contribution is -0.143. The van der Waals surface area contributed by atoms with Crippen molar-refractivity contribution < 1.29 is 14.7 Å². The summed E-state index contributed by atoms with van der Waals surface area (Å²) < 4.78 is 2.28. The fourth-order valence-electron chi connectivity index (χ4n) is 2.67. The van der Waals surface area contributed by atoms with Crippen LogP contribution in [0.3, 0.4) is 0 Å². The topological polar surface area (TPSA) is 87.5 Å². The molecule has 2 amide bonds. The van der Waals surface area contributed by atoms with Gasteiger partial charge in [0.15, 0.2) is 0 Å². The SMILES string of the molecule is Cn1nc(-c2ccc(Cl)s2)cc1NC(=O)N1CCC(C(=O)O)CC1. The highest BCUT2D eigenvalue weighted by atomic mass is 35.5. The van der Waals surface area contributed by atoms with Gasteiger partial charge in [0.25, 0.3) is 0 Å². The van der Waals surface area contributed by atoms with Crippen LogP contribution in [0.4, 0.5) is 10.6 Å². The molecule has 9 heteroatoms. The second-order valence-corrected chi connectivity index (χ2v) is 7.39. The third kappa shape index (κ3) is 3.54. The van der Waals surface area contributed by atoms with E-state index in [1.807, 2.05) is 6.07 Å². The van der Waals surface area contributed by atoms with Gasteiger partial charge in [0.2, 0.25) is 0 Å². The van der Waals surface area contributed by atoms with Gasteiger partial charge in [-0.05, 0) is 25.0 Å². The quantitative estimate of drug-likeness (QED) is 0.871. The zero-order valence-corrected chi connectivity index (χ0v) is 14.6. The standard InChI is InChI=1S/C15H17ClN4O3S/c1-19-13(8-10(18-19)11-2-3-12(16)24-11)17-15(23)20-6-4-9(5-7-20)14(21)22/h2-3,8-9H,4-7H2,1H3,(H,17,23)(H,21,22). The molecule has 1 aliphatic rings. The van der Waals surface area contributed by atoms with Crippen LogP contribution in [0.1, 0.15) is 12.8 Å². The number of nitrogens with one attached hydrogen (secondary N) is 1. The van der Waals surface area contributed by atoms with Crippen molar-refractivity contribution in [3.63, 3.8) is 0 Å². The number of aliphatic carboxylic acids is 1. The molecule has 0 atom stereocenters. The van der Waals surface area contributed by atoms with Crippen LogP contribution in [-0.4, -0.2) is 44.9 Å². The number of hydrogen-bond acceptors (Lipinski definition) is 4. The maximum absolute atomic E-state index is 12.4. The normalized spacial score (nSPS) is 15.5. The van der Waals surface area contributed by atoms with Crippen LogP contribution in [0.25, 0.3) is 10.6 Å². The summed E-state index contributed by atoms with van der Waals surface area (Å²) in [7, 11) is 1.75. The number of aryl methyl sites for hydroxylation is 1. The molecule has 0 unspecified atom stereocenters. The van der Waals surface area contributed by atoms with E-state index in [0.29, 0.717) is 36.1 Å². The van der Waals surface area contributed by atoms with E-state index in [9.17, 15) is 9.59 Å².